The summed E-state index contributed by atoms with van der Waals surface area (Å²) >= 11 is 0. The maximum atomic E-state index is 14.4. The van der Waals surface area contributed by atoms with E-state index in [1.165, 1.54) is 17.7 Å². The zero-order chi connectivity index (χ0) is 19.3. The molecule has 4 heteroatoms. The highest BCUT2D eigenvalue weighted by Gasteiger charge is 2.14. The fraction of sp³-hybridized carbons (Fsp3) is 0.182. The minimum Gasteiger partial charge on any atom is -0.206 e. The largest absolute Gasteiger partial charge is 0.206 e. The molecule has 0 heterocycles. The molecule has 0 saturated heterocycles. The van der Waals surface area contributed by atoms with Gasteiger partial charge < -0.3 is 0 Å². The molecule has 0 saturated carbocycles. The third-order valence-electron chi connectivity index (χ3n) is 3.96. The van der Waals surface area contributed by atoms with Crippen molar-refractivity contribution in [1.82, 2.24) is 0 Å². The smallest absolute Gasteiger partial charge is 0.194 e. The summed E-state index contributed by atoms with van der Waals surface area (Å²) in [5, 5.41) is 0. The van der Waals surface area contributed by atoms with Crippen molar-refractivity contribution in [2.45, 2.75) is 27.2 Å². The molecule has 0 atom stereocenters. The van der Waals surface area contributed by atoms with E-state index in [1.54, 1.807) is 6.07 Å². The Morgan fingerprint density at radius 2 is 1.12 bits per heavy atom. The van der Waals surface area contributed by atoms with Crippen molar-refractivity contribution in [3.8, 4) is 22.3 Å². The van der Waals surface area contributed by atoms with E-state index in [0.717, 1.165) is 24.1 Å². The standard InChI is InChI=1S/C20H14F4.C2H6/c1-2-12-3-5-13(6-4-12)14-7-8-16(17(21)9-14)15-10-18(22)20(24)19(23)11-15;1-2/h3-11H,2H2,1H3;1-2H3. The van der Waals surface area contributed by atoms with Gasteiger partial charge in [-0.1, -0.05) is 57.2 Å². The Labute approximate surface area is 151 Å². The van der Waals surface area contributed by atoms with Gasteiger partial charge in [-0.2, -0.15) is 0 Å². The van der Waals surface area contributed by atoms with Gasteiger partial charge in [0.1, 0.15) is 5.82 Å². The van der Waals surface area contributed by atoms with Crippen molar-refractivity contribution in [2.24, 2.45) is 0 Å². The fourth-order valence-electron chi connectivity index (χ4n) is 2.57. The second-order valence-electron chi connectivity index (χ2n) is 5.50. The predicted molar refractivity (Wildman–Crippen MR) is 97.9 cm³/mol. The molecule has 3 rings (SSSR count). The number of hydrogen-bond donors (Lipinski definition) is 0. The van der Waals surface area contributed by atoms with Crippen LogP contribution in [-0.2, 0) is 6.42 Å². The van der Waals surface area contributed by atoms with E-state index in [9.17, 15) is 17.6 Å². The van der Waals surface area contributed by atoms with Crippen LogP contribution in [0.5, 0.6) is 0 Å². The zero-order valence-corrected chi connectivity index (χ0v) is 14.9. The summed E-state index contributed by atoms with van der Waals surface area (Å²) in [5.74, 6) is -4.88. The second-order valence-corrected chi connectivity index (χ2v) is 5.50. The van der Waals surface area contributed by atoms with Crippen LogP contribution in [0.1, 0.15) is 26.3 Å². The monoisotopic (exact) mass is 360 g/mol. The van der Waals surface area contributed by atoms with E-state index in [-0.39, 0.29) is 11.1 Å². The number of hydrogen-bond acceptors (Lipinski definition) is 0. The van der Waals surface area contributed by atoms with E-state index >= 15 is 0 Å². The summed E-state index contributed by atoms with van der Waals surface area (Å²) < 4.78 is 54.1. The highest BCUT2D eigenvalue weighted by molar-refractivity contribution is 5.71. The molecule has 0 aliphatic rings. The number of aryl methyl sites for hydroxylation is 1. The third kappa shape index (κ3) is 4.13. The second kappa shape index (κ2) is 8.65. The summed E-state index contributed by atoms with van der Waals surface area (Å²) in [4.78, 5) is 0. The van der Waals surface area contributed by atoms with Gasteiger partial charge in [0, 0.05) is 5.56 Å². The van der Waals surface area contributed by atoms with Crippen LogP contribution in [0, 0.1) is 23.3 Å². The van der Waals surface area contributed by atoms with Crippen molar-refractivity contribution < 1.29 is 17.6 Å². The Morgan fingerprint density at radius 1 is 0.615 bits per heavy atom. The minimum atomic E-state index is -1.56. The molecule has 0 aliphatic heterocycles. The van der Waals surface area contributed by atoms with Crippen molar-refractivity contribution >= 4 is 0 Å². The average molecular weight is 360 g/mol. The van der Waals surface area contributed by atoms with E-state index in [4.69, 9.17) is 0 Å². The first kappa shape index (κ1) is 19.7. The molecule has 0 fully saturated rings. The Kier molecular flexibility index (Phi) is 6.56. The molecule has 0 spiro atoms. The molecule has 0 aromatic heterocycles. The normalized spacial score (nSPS) is 10.3. The Hall–Kier alpha value is -2.62. The molecule has 136 valence electrons. The summed E-state index contributed by atoms with van der Waals surface area (Å²) in [6.45, 7) is 6.05. The van der Waals surface area contributed by atoms with Gasteiger partial charge >= 0.3 is 0 Å². The van der Waals surface area contributed by atoms with Crippen LogP contribution in [0.15, 0.2) is 54.6 Å². The Bertz CT molecular complexity index is 860. The van der Waals surface area contributed by atoms with Crippen LogP contribution in [0.2, 0.25) is 0 Å². The molecule has 0 aliphatic carbocycles. The van der Waals surface area contributed by atoms with Gasteiger partial charge in [0.15, 0.2) is 17.5 Å². The molecule has 3 aromatic rings. The van der Waals surface area contributed by atoms with Gasteiger partial charge in [0.2, 0.25) is 0 Å². The summed E-state index contributed by atoms with van der Waals surface area (Å²) in [5.41, 5.74) is 2.64. The first-order valence-electron chi connectivity index (χ1n) is 8.53. The van der Waals surface area contributed by atoms with Crippen molar-refractivity contribution in [1.29, 1.82) is 0 Å². The highest BCUT2D eigenvalue weighted by atomic mass is 19.2. The lowest BCUT2D eigenvalue weighted by Gasteiger charge is -2.08. The van der Waals surface area contributed by atoms with Gasteiger partial charge in [-0.15, -0.1) is 0 Å². The highest BCUT2D eigenvalue weighted by Crippen LogP contribution is 2.30. The van der Waals surface area contributed by atoms with E-state index in [1.807, 2.05) is 45.0 Å². The lowest BCUT2D eigenvalue weighted by atomic mass is 9.98. The molecule has 26 heavy (non-hydrogen) atoms. The molecular formula is C22H20F4. The quantitative estimate of drug-likeness (QED) is 0.343. The van der Waals surface area contributed by atoms with Gasteiger partial charge in [0.25, 0.3) is 0 Å². The van der Waals surface area contributed by atoms with Crippen LogP contribution >= 0.6 is 0 Å². The Morgan fingerprint density at radius 3 is 1.62 bits per heavy atom. The maximum absolute atomic E-state index is 14.4. The lowest BCUT2D eigenvalue weighted by molar-refractivity contribution is 0.447. The first-order chi connectivity index (χ1) is 12.5. The van der Waals surface area contributed by atoms with Gasteiger partial charge in [-0.25, -0.2) is 17.6 Å². The third-order valence-corrected chi connectivity index (χ3v) is 3.96. The van der Waals surface area contributed by atoms with Crippen molar-refractivity contribution in [2.75, 3.05) is 0 Å². The fourth-order valence-corrected chi connectivity index (χ4v) is 2.57. The maximum Gasteiger partial charge on any atom is 0.194 e. The first-order valence-corrected chi connectivity index (χ1v) is 8.53. The molecule has 0 nitrogen and oxygen atoms in total. The molecule has 3 aromatic carbocycles. The molecule has 0 bridgehead atoms. The molecule has 0 unspecified atom stereocenters. The summed E-state index contributed by atoms with van der Waals surface area (Å²) in [6.07, 6.45) is 0.912. The van der Waals surface area contributed by atoms with Gasteiger partial charge in [-0.05, 0) is 46.9 Å². The number of benzene rings is 3. The average Bonchev–Trinajstić information content (AvgIpc) is 2.67. The zero-order valence-electron chi connectivity index (χ0n) is 14.9. The van der Waals surface area contributed by atoms with Crippen LogP contribution in [-0.4, -0.2) is 0 Å². The van der Waals surface area contributed by atoms with Gasteiger partial charge in [-0.3, -0.25) is 0 Å². The molecule has 0 radical (unpaired) electrons. The molecular weight excluding hydrogens is 340 g/mol. The Balaban J connectivity index is 0.00000117. The lowest BCUT2D eigenvalue weighted by Crippen LogP contribution is -1.94. The topological polar surface area (TPSA) is 0 Å². The molecule has 0 amide bonds. The van der Waals surface area contributed by atoms with E-state index in [0.29, 0.717) is 5.56 Å². The summed E-state index contributed by atoms with van der Waals surface area (Å²) in [6, 6.07) is 13.7. The van der Waals surface area contributed by atoms with Crippen molar-refractivity contribution in [3.63, 3.8) is 0 Å². The van der Waals surface area contributed by atoms with Crippen LogP contribution < -0.4 is 0 Å². The van der Waals surface area contributed by atoms with Crippen LogP contribution in [0.4, 0.5) is 17.6 Å². The van der Waals surface area contributed by atoms with Crippen LogP contribution in [0.25, 0.3) is 22.3 Å². The van der Waals surface area contributed by atoms with Crippen LogP contribution in [0.3, 0.4) is 0 Å². The van der Waals surface area contributed by atoms with E-state index in [2.05, 4.69) is 0 Å². The number of halogens is 4. The molecule has 0 N–H and O–H groups in total. The summed E-state index contributed by atoms with van der Waals surface area (Å²) in [7, 11) is 0. The van der Waals surface area contributed by atoms with Gasteiger partial charge in [0.05, 0.1) is 0 Å². The van der Waals surface area contributed by atoms with E-state index < -0.39 is 23.3 Å². The minimum absolute atomic E-state index is 0.0155. The van der Waals surface area contributed by atoms with Crippen molar-refractivity contribution in [3.05, 3.63) is 83.4 Å². The predicted octanol–water partition coefficient (Wildman–Crippen LogP) is 7.17. The SMILES string of the molecule is CC.CCc1ccc(-c2ccc(-c3cc(F)c(F)c(F)c3)c(F)c2)cc1. The number of rotatable bonds is 3.